The number of hydrogen-bond donors (Lipinski definition) is 1. The number of carboxylic acids is 1. The molecular formula is C26H24F3N3O4S. The predicted molar refractivity (Wildman–Crippen MR) is 133 cm³/mol. The Morgan fingerprint density at radius 1 is 1.05 bits per heavy atom. The van der Waals surface area contributed by atoms with Crippen molar-refractivity contribution in [2.75, 3.05) is 11.4 Å². The molecule has 0 aliphatic rings. The number of hydrogen-bond acceptors (Lipinski definition) is 7. The van der Waals surface area contributed by atoms with Crippen LogP contribution in [0.2, 0.25) is 0 Å². The van der Waals surface area contributed by atoms with Crippen molar-refractivity contribution in [1.82, 2.24) is 10.1 Å². The van der Waals surface area contributed by atoms with Crippen molar-refractivity contribution in [2.24, 2.45) is 0 Å². The molecule has 11 heteroatoms. The largest absolute Gasteiger partial charge is 0.478 e. The van der Waals surface area contributed by atoms with E-state index in [0.717, 1.165) is 23.3 Å². The molecule has 7 nitrogen and oxygen atoms in total. The van der Waals surface area contributed by atoms with Crippen molar-refractivity contribution in [1.29, 1.82) is 0 Å². The average Bonchev–Trinajstić information content (AvgIpc) is 3.54. The molecule has 0 amide bonds. The number of aliphatic carboxylic acids is 1. The van der Waals surface area contributed by atoms with Crippen LogP contribution in [0.3, 0.4) is 0 Å². The summed E-state index contributed by atoms with van der Waals surface area (Å²) in [7, 11) is 0. The second kappa shape index (κ2) is 10.6. The molecule has 0 fully saturated rings. The zero-order valence-corrected chi connectivity index (χ0v) is 20.8. The quantitative estimate of drug-likeness (QED) is 0.257. The van der Waals surface area contributed by atoms with Crippen LogP contribution in [-0.4, -0.2) is 33.4 Å². The Kier molecular flexibility index (Phi) is 7.53. The first-order chi connectivity index (χ1) is 17.5. The van der Waals surface area contributed by atoms with Crippen LogP contribution in [0, 0.1) is 0 Å². The Balaban J connectivity index is 1.50. The average molecular weight is 532 g/mol. The first-order valence-corrected chi connectivity index (χ1v) is 12.2. The minimum absolute atomic E-state index is 0.273. The molecule has 0 saturated heterocycles. The van der Waals surface area contributed by atoms with Gasteiger partial charge in [0.05, 0.1) is 11.1 Å². The Morgan fingerprint density at radius 2 is 1.73 bits per heavy atom. The Bertz CT molecular complexity index is 1320. The molecule has 0 bridgehead atoms. The van der Waals surface area contributed by atoms with Crippen molar-refractivity contribution in [3.05, 3.63) is 82.0 Å². The molecule has 0 saturated carbocycles. The van der Waals surface area contributed by atoms with E-state index in [0.29, 0.717) is 36.1 Å². The highest BCUT2D eigenvalue weighted by Crippen LogP contribution is 2.30. The third kappa shape index (κ3) is 6.67. The maximum absolute atomic E-state index is 13.0. The molecule has 0 radical (unpaired) electrons. The van der Waals surface area contributed by atoms with Gasteiger partial charge in [-0.05, 0) is 72.3 Å². The third-order valence-corrected chi connectivity index (χ3v) is 6.29. The number of anilines is 1. The van der Waals surface area contributed by atoms with E-state index < -0.39 is 23.3 Å². The number of aromatic nitrogens is 2. The van der Waals surface area contributed by atoms with Crippen LogP contribution in [0.25, 0.3) is 11.5 Å². The maximum atomic E-state index is 13.0. The van der Waals surface area contributed by atoms with Crippen LogP contribution >= 0.6 is 11.3 Å². The van der Waals surface area contributed by atoms with Crippen LogP contribution in [-0.2, 0) is 23.9 Å². The molecule has 1 N–H and O–H groups in total. The number of ether oxygens (including phenoxy) is 1. The highest BCUT2D eigenvalue weighted by molar-refractivity contribution is 7.08. The van der Waals surface area contributed by atoms with Crippen LogP contribution < -0.4 is 9.64 Å². The molecule has 2 heterocycles. The molecule has 37 heavy (non-hydrogen) atoms. The first-order valence-electron chi connectivity index (χ1n) is 11.3. The SMILES string of the molecule is CC(C)(Oc1ccc(CCN(Cc2ccc(C(F)(F)F)cc2)c2noc(-c3ccsc3)n2)cc1)C(=O)O. The van der Waals surface area contributed by atoms with Crippen molar-refractivity contribution in [2.45, 2.75) is 38.6 Å². The van der Waals surface area contributed by atoms with Gasteiger partial charge in [0, 0.05) is 18.5 Å². The minimum atomic E-state index is -4.41. The van der Waals surface area contributed by atoms with E-state index in [-0.39, 0.29) is 6.54 Å². The van der Waals surface area contributed by atoms with E-state index >= 15 is 0 Å². The molecule has 2 aromatic heterocycles. The highest BCUT2D eigenvalue weighted by Gasteiger charge is 2.30. The second-order valence-corrected chi connectivity index (χ2v) is 9.62. The predicted octanol–water partition coefficient (Wildman–Crippen LogP) is 6.31. The van der Waals surface area contributed by atoms with Gasteiger partial charge in [-0.25, -0.2) is 4.79 Å². The number of nitrogens with zero attached hydrogens (tertiary/aromatic N) is 3. The fourth-order valence-corrected chi connectivity index (χ4v) is 4.07. The Labute approximate surface area is 215 Å². The molecule has 4 rings (SSSR count). The zero-order chi connectivity index (χ0) is 26.6. The number of alkyl halides is 3. The Hall–Kier alpha value is -3.86. The lowest BCUT2D eigenvalue weighted by Gasteiger charge is -2.22. The molecule has 0 spiro atoms. The van der Waals surface area contributed by atoms with Gasteiger partial charge in [-0.15, -0.1) is 0 Å². The van der Waals surface area contributed by atoms with E-state index in [1.54, 1.807) is 12.1 Å². The molecule has 0 atom stereocenters. The summed E-state index contributed by atoms with van der Waals surface area (Å²) < 4.78 is 49.9. The molecule has 0 aliphatic carbocycles. The summed E-state index contributed by atoms with van der Waals surface area (Å²) in [5.74, 6) is 0.0363. The van der Waals surface area contributed by atoms with E-state index in [1.807, 2.05) is 33.9 Å². The van der Waals surface area contributed by atoms with E-state index in [2.05, 4.69) is 10.1 Å². The number of thiophene rings is 1. The third-order valence-electron chi connectivity index (χ3n) is 5.60. The number of rotatable bonds is 10. The van der Waals surface area contributed by atoms with Gasteiger partial charge in [0.25, 0.3) is 11.8 Å². The zero-order valence-electron chi connectivity index (χ0n) is 20.0. The van der Waals surface area contributed by atoms with Gasteiger partial charge in [-0.3, -0.25) is 0 Å². The van der Waals surface area contributed by atoms with Crippen molar-refractivity contribution < 1.29 is 32.3 Å². The topological polar surface area (TPSA) is 88.7 Å². The second-order valence-electron chi connectivity index (χ2n) is 8.84. The molecule has 2 aromatic carbocycles. The van der Waals surface area contributed by atoms with E-state index in [9.17, 15) is 23.1 Å². The van der Waals surface area contributed by atoms with E-state index in [4.69, 9.17) is 9.26 Å². The molecule has 0 unspecified atom stereocenters. The van der Waals surface area contributed by atoms with E-state index in [1.165, 1.54) is 37.3 Å². The first kappa shape index (κ1) is 26.2. The van der Waals surface area contributed by atoms with Gasteiger partial charge in [-0.1, -0.05) is 24.3 Å². The molecule has 194 valence electrons. The van der Waals surface area contributed by atoms with Gasteiger partial charge in [-0.2, -0.15) is 29.5 Å². The standard InChI is InChI=1S/C26H24F3N3O4S/c1-25(2,23(33)34)35-21-9-5-17(6-10-21)11-13-32(15-18-3-7-20(8-4-18)26(27,28)29)24-30-22(36-31-24)19-12-14-37-16-19/h3-10,12,14,16H,11,13,15H2,1-2H3,(H,33,34). The number of carboxylic acid groups (broad SMARTS) is 1. The lowest BCUT2D eigenvalue weighted by Crippen LogP contribution is -2.37. The summed E-state index contributed by atoms with van der Waals surface area (Å²) in [6.07, 6.45) is -3.84. The van der Waals surface area contributed by atoms with Gasteiger partial charge in [0.15, 0.2) is 5.60 Å². The molecule has 0 aliphatic heterocycles. The van der Waals surface area contributed by atoms with Crippen LogP contribution in [0.1, 0.15) is 30.5 Å². The van der Waals surface area contributed by atoms with Crippen LogP contribution in [0.5, 0.6) is 5.75 Å². The summed E-state index contributed by atoms with van der Waals surface area (Å²) >= 11 is 1.50. The van der Waals surface area contributed by atoms with Gasteiger partial charge >= 0.3 is 12.1 Å². The molecule has 4 aromatic rings. The summed E-state index contributed by atoms with van der Waals surface area (Å²) in [5, 5.41) is 17.1. The monoisotopic (exact) mass is 531 g/mol. The fourth-order valence-electron chi connectivity index (χ4n) is 3.44. The summed E-state index contributed by atoms with van der Waals surface area (Å²) in [4.78, 5) is 17.6. The number of benzene rings is 2. The lowest BCUT2D eigenvalue weighted by atomic mass is 10.1. The van der Waals surface area contributed by atoms with Crippen molar-refractivity contribution in [3.63, 3.8) is 0 Å². The van der Waals surface area contributed by atoms with Crippen LogP contribution in [0.4, 0.5) is 19.1 Å². The number of halogens is 3. The lowest BCUT2D eigenvalue weighted by molar-refractivity contribution is -0.152. The summed E-state index contributed by atoms with van der Waals surface area (Å²) in [6.45, 7) is 3.66. The summed E-state index contributed by atoms with van der Waals surface area (Å²) in [5.41, 5.74) is 0.321. The molecular weight excluding hydrogens is 507 g/mol. The normalized spacial score (nSPS) is 11.9. The smallest absolute Gasteiger partial charge is 0.416 e. The van der Waals surface area contributed by atoms with Gasteiger partial charge in [0.1, 0.15) is 5.75 Å². The minimum Gasteiger partial charge on any atom is -0.478 e. The highest BCUT2D eigenvalue weighted by atomic mass is 32.1. The van der Waals surface area contributed by atoms with Gasteiger partial charge in [0.2, 0.25) is 0 Å². The van der Waals surface area contributed by atoms with Crippen molar-refractivity contribution in [3.8, 4) is 17.2 Å². The van der Waals surface area contributed by atoms with Gasteiger partial charge < -0.3 is 19.3 Å². The van der Waals surface area contributed by atoms with Crippen molar-refractivity contribution >= 4 is 23.3 Å². The fraction of sp³-hybridized carbons (Fsp3) is 0.269. The summed E-state index contributed by atoms with van der Waals surface area (Å²) in [6, 6.07) is 13.9. The van der Waals surface area contributed by atoms with Crippen LogP contribution in [0.15, 0.2) is 69.9 Å². The number of carbonyl (C=O) groups is 1. The Morgan fingerprint density at radius 3 is 2.32 bits per heavy atom. The maximum Gasteiger partial charge on any atom is 0.416 e.